The monoisotopic (exact) mass is 371 g/mol. The first kappa shape index (κ1) is 16.9. The van der Waals surface area contributed by atoms with Crippen LogP contribution in [0.4, 0.5) is 0 Å². The Morgan fingerprint density at radius 3 is 2.77 bits per heavy atom. The molecule has 1 aliphatic heterocycles. The van der Waals surface area contributed by atoms with E-state index in [0.717, 1.165) is 5.69 Å². The molecule has 0 N–H and O–H groups in total. The number of rotatable bonds is 3. The van der Waals surface area contributed by atoms with E-state index in [1.165, 1.54) is 0 Å². The van der Waals surface area contributed by atoms with Gasteiger partial charge in [0.15, 0.2) is 11.5 Å². The van der Waals surface area contributed by atoms with Crippen molar-refractivity contribution in [1.29, 1.82) is 0 Å². The lowest BCUT2D eigenvalue weighted by atomic mass is 10.2. The van der Waals surface area contributed by atoms with Crippen molar-refractivity contribution in [2.75, 3.05) is 19.7 Å². The molecule has 3 aromatic rings. The Kier molecular flexibility index (Phi) is 4.53. The van der Waals surface area contributed by atoms with Gasteiger partial charge in [-0.05, 0) is 43.3 Å². The average molecular weight is 372 g/mol. The molecule has 0 unspecified atom stereocenters. The van der Waals surface area contributed by atoms with E-state index in [0.29, 0.717) is 41.9 Å². The van der Waals surface area contributed by atoms with Crippen molar-refractivity contribution in [2.45, 2.75) is 13.0 Å². The molecule has 0 aliphatic carbocycles. The van der Waals surface area contributed by atoms with E-state index < -0.39 is 0 Å². The minimum absolute atomic E-state index is 0.0237. The quantitative estimate of drug-likeness (QED) is 0.705. The predicted molar refractivity (Wildman–Crippen MR) is 97.6 cm³/mol. The number of morpholine rings is 1. The molecule has 6 nitrogen and oxygen atoms in total. The number of carbonyl (C=O) groups is 1. The third kappa shape index (κ3) is 3.25. The first-order valence-corrected chi connectivity index (χ1v) is 8.80. The van der Waals surface area contributed by atoms with E-state index >= 15 is 0 Å². The molecule has 1 aromatic carbocycles. The summed E-state index contributed by atoms with van der Waals surface area (Å²) < 4.78 is 12.7. The van der Waals surface area contributed by atoms with Crippen LogP contribution in [-0.4, -0.2) is 46.4 Å². The van der Waals surface area contributed by atoms with Gasteiger partial charge in [0.2, 0.25) is 0 Å². The lowest BCUT2D eigenvalue weighted by Crippen LogP contribution is -2.44. The van der Waals surface area contributed by atoms with Gasteiger partial charge in [0.05, 0.1) is 24.7 Å². The van der Waals surface area contributed by atoms with Crippen LogP contribution in [0.3, 0.4) is 0 Å². The number of carbonyl (C=O) groups excluding carboxylic acids is 1. The van der Waals surface area contributed by atoms with Crippen LogP contribution in [0.5, 0.6) is 0 Å². The van der Waals surface area contributed by atoms with Gasteiger partial charge in [0.1, 0.15) is 5.69 Å². The Morgan fingerprint density at radius 1 is 1.27 bits per heavy atom. The molecule has 0 radical (unpaired) electrons. The highest BCUT2D eigenvalue weighted by atomic mass is 35.5. The molecule has 1 fully saturated rings. The largest absolute Gasteiger partial charge is 0.463 e. The molecular formula is C19H18ClN3O3. The number of ether oxygens (including phenoxy) is 1. The Labute approximate surface area is 155 Å². The van der Waals surface area contributed by atoms with Crippen LogP contribution in [0, 0.1) is 0 Å². The number of hydrogen-bond donors (Lipinski definition) is 0. The van der Waals surface area contributed by atoms with Crippen LogP contribution >= 0.6 is 11.6 Å². The van der Waals surface area contributed by atoms with E-state index in [-0.39, 0.29) is 12.0 Å². The summed E-state index contributed by atoms with van der Waals surface area (Å²) in [4.78, 5) is 14.7. The summed E-state index contributed by atoms with van der Waals surface area (Å²) in [5, 5.41) is 5.19. The van der Waals surface area contributed by atoms with Gasteiger partial charge in [-0.2, -0.15) is 5.10 Å². The molecule has 26 heavy (non-hydrogen) atoms. The van der Waals surface area contributed by atoms with E-state index in [9.17, 15) is 4.79 Å². The summed E-state index contributed by atoms with van der Waals surface area (Å²) in [5.41, 5.74) is 1.89. The molecular weight excluding hydrogens is 354 g/mol. The van der Waals surface area contributed by atoms with Gasteiger partial charge in [0, 0.05) is 24.2 Å². The highest BCUT2D eigenvalue weighted by Crippen LogP contribution is 2.26. The number of benzene rings is 1. The zero-order chi connectivity index (χ0) is 18.1. The molecule has 0 saturated carbocycles. The minimum Gasteiger partial charge on any atom is -0.463 e. The summed E-state index contributed by atoms with van der Waals surface area (Å²) in [6.45, 7) is 3.62. The molecule has 7 heteroatoms. The van der Waals surface area contributed by atoms with Crippen LogP contribution in [-0.2, 0) is 4.74 Å². The molecule has 0 spiro atoms. The normalized spacial score (nSPS) is 17.5. The van der Waals surface area contributed by atoms with Gasteiger partial charge < -0.3 is 14.1 Å². The van der Waals surface area contributed by atoms with Crippen LogP contribution in [0.1, 0.15) is 17.4 Å². The molecule has 1 aliphatic rings. The molecule has 0 bridgehead atoms. The number of amides is 1. The Bertz CT molecular complexity index is 903. The Hall–Kier alpha value is -2.57. The first-order chi connectivity index (χ1) is 12.6. The maximum atomic E-state index is 12.9. The summed E-state index contributed by atoms with van der Waals surface area (Å²) in [6.07, 6.45) is 1.62. The van der Waals surface area contributed by atoms with Gasteiger partial charge in [-0.25, -0.2) is 4.68 Å². The SMILES string of the molecule is C[C@@H]1CN(C(=O)c2cc(-c3ccco3)n(-c3ccc(Cl)cc3)n2)CCO1. The Morgan fingerprint density at radius 2 is 2.08 bits per heavy atom. The third-order valence-corrected chi connectivity index (χ3v) is 4.55. The zero-order valence-electron chi connectivity index (χ0n) is 14.3. The first-order valence-electron chi connectivity index (χ1n) is 8.42. The molecule has 134 valence electrons. The van der Waals surface area contributed by atoms with Crippen molar-refractivity contribution < 1.29 is 13.9 Å². The topological polar surface area (TPSA) is 60.5 Å². The maximum Gasteiger partial charge on any atom is 0.274 e. The van der Waals surface area contributed by atoms with Crippen LogP contribution < -0.4 is 0 Å². The van der Waals surface area contributed by atoms with Crippen molar-refractivity contribution in [1.82, 2.24) is 14.7 Å². The maximum absolute atomic E-state index is 12.9. The lowest BCUT2D eigenvalue weighted by molar-refractivity contribution is -0.0126. The van der Waals surface area contributed by atoms with Crippen molar-refractivity contribution in [3.63, 3.8) is 0 Å². The van der Waals surface area contributed by atoms with Gasteiger partial charge in [-0.15, -0.1) is 0 Å². The van der Waals surface area contributed by atoms with Gasteiger partial charge in [-0.1, -0.05) is 11.6 Å². The number of nitrogens with zero attached hydrogens (tertiary/aromatic N) is 3. The fourth-order valence-corrected chi connectivity index (χ4v) is 3.16. The van der Waals surface area contributed by atoms with E-state index in [1.807, 2.05) is 25.1 Å². The number of hydrogen-bond acceptors (Lipinski definition) is 4. The minimum atomic E-state index is -0.110. The highest BCUT2D eigenvalue weighted by molar-refractivity contribution is 6.30. The smallest absolute Gasteiger partial charge is 0.274 e. The van der Waals surface area contributed by atoms with Crippen LogP contribution in [0.15, 0.2) is 53.1 Å². The highest BCUT2D eigenvalue weighted by Gasteiger charge is 2.26. The van der Waals surface area contributed by atoms with E-state index in [4.69, 9.17) is 20.8 Å². The van der Waals surface area contributed by atoms with Gasteiger partial charge in [0.25, 0.3) is 5.91 Å². The van der Waals surface area contributed by atoms with Crippen LogP contribution in [0.2, 0.25) is 5.02 Å². The summed E-state index contributed by atoms with van der Waals surface area (Å²) in [6, 6.07) is 12.7. The summed E-state index contributed by atoms with van der Waals surface area (Å²) >= 11 is 5.99. The van der Waals surface area contributed by atoms with Crippen molar-refractivity contribution >= 4 is 17.5 Å². The average Bonchev–Trinajstić information content (AvgIpc) is 3.31. The molecule has 3 heterocycles. The van der Waals surface area contributed by atoms with Crippen molar-refractivity contribution in [3.05, 3.63) is 59.4 Å². The van der Waals surface area contributed by atoms with Crippen LogP contribution in [0.25, 0.3) is 17.1 Å². The number of furan rings is 1. The van der Waals surface area contributed by atoms with Gasteiger partial charge >= 0.3 is 0 Å². The lowest BCUT2D eigenvalue weighted by Gasteiger charge is -2.30. The third-order valence-electron chi connectivity index (χ3n) is 4.30. The molecule has 2 aromatic heterocycles. The second kappa shape index (κ2) is 6.97. The summed E-state index contributed by atoms with van der Waals surface area (Å²) in [5.74, 6) is 0.530. The fraction of sp³-hybridized carbons (Fsp3) is 0.263. The molecule has 1 atom stereocenters. The van der Waals surface area contributed by atoms with Crippen molar-refractivity contribution in [3.8, 4) is 17.1 Å². The molecule has 1 saturated heterocycles. The number of aromatic nitrogens is 2. The predicted octanol–water partition coefficient (Wildman–Crippen LogP) is 3.65. The summed E-state index contributed by atoms with van der Waals surface area (Å²) in [7, 11) is 0. The standard InChI is InChI=1S/C19H18ClN3O3/c1-13-12-22(8-10-25-13)19(24)16-11-17(18-3-2-9-26-18)23(21-16)15-6-4-14(20)5-7-15/h2-7,9,11,13H,8,10,12H2,1H3/t13-/m1/s1. The van der Waals surface area contributed by atoms with E-state index in [2.05, 4.69) is 5.10 Å². The van der Waals surface area contributed by atoms with Crippen molar-refractivity contribution in [2.24, 2.45) is 0 Å². The molecule has 4 rings (SSSR count). The fourth-order valence-electron chi connectivity index (χ4n) is 3.03. The van der Waals surface area contributed by atoms with Gasteiger partial charge in [-0.3, -0.25) is 4.79 Å². The molecule has 1 amide bonds. The second-order valence-electron chi connectivity index (χ2n) is 6.21. The number of halogens is 1. The second-order valence-corrected chi connectivity index (χ2v) is 6.65. The zero-order valence-corrected chi connectivity index (χ0v) is 15.0. The van der Waals surface area contributed by atoms with E-state index in [1.54, 1.807) is 40.1 Å². The Balaban J connectivity index is 1.74.